The second-order valence-electron chi connectivity index (χ2n) is 3.82. The normalized spacial score (nSPS) is 11.4. The lowest BCUT2D eigenvalue weighted by molar-refractivity contribution is -0.174. The summed E-state index contributed by atoms with van der Waals surface area (Å²) < 4.78 is 41.1. The highest BCUT2D eigenvalue weighted by Crippen LogP contribution is 2.32. The Morgan fingerprint density at radius 1 is 1.35 bits per heavy atom. The first-order chi connectivity index (χ1) is 9.19. The van der Waals surface area contributed by atoms with E-state index in [1.165, 1.54) is 0 Å². The van der Waals surface area contributed by atoms with E-state index in [0.29, 0.717) is 15.8 Å². The van der Waals surface area contributed by atoms with Gasteiger partial charge in [-0.1, -0.05) is 15.9 Å². The lowest BCUT2D eigenvalue weighted by Crippen LogP contribution is -2.20. The number of ether oxygens (including phenoxy) is 1. The van der Waals surface area contributed by atoms with E-state index in [-0.39, 0.29) is 13.0 Å². The van der Waals surface area contributed by atoms with Crippen LogP contribution in [0.3, 0.4) is 0 Å². The van der Waals surface area contributed by atoms with Crippen LogP contribution in [0.1, 0.15) is 6.42 Å². The van der Waals surface area contributed by atoms with Crippen molar-refractivity contribution in [1.82, 2.24) is 0 Å². The molecule has 9 heteroatoms. The first-order valence-electron chi connectivity index (χ1n) is 5.38. The second-order valence-corrected chi connectivity index (χ2v) is 5.59. The van der Waals surface area contributed by atoms with Gasteiger partial charge in [0.2, 0.25) is 5.91 Å². The van der Waals surface area contributed by atoms with Crippen molar-refractivity contribution in [3.05, 3.63) is 21.1 Å². The zero-order valence-corrected chi connectivity index (χ0v) is 13.2. The average Bonchev–Trinajstić information content (AvgIpc) is 2.28. The fraction of sp³-hybridized carbons (Fsp3) is 0.364. The summed E-state index contributed by atoms with van der Waals surface area (Å²) in [4.78, 5) is 11.6. The van der Waals surface area contributed by atoms with Gasteiger partial charge in [-0.05, 0) is 28.1 Å². The summed E-state index contributed by atoms with van der Waals surface area (Å²) in [5, 5.41) is 2.51. The van der Waals surface area contributed by atoms with Crippen LogP contribution < -0.4 is 11.1 Å². The molecule has 0 unspecified atom stereocenters. The number of nitrogens with two attached hydrogens (primary N) is 1. The summed E-state index contributed by atoms with van der Waals surface area (Å²) >= 11 is 6.46. The Labute approximate surface area is 130 Å². The molecule has 20 heavy (non-hydrogen) atoms. The van der Waals surface area contributed by atoms with Crippen molar-refractivity contribution >= 4 is 49.1 Å². The van der Waals surface area contributed by atoms with Crippen molar-refractivity contribution in [2.45, 2.75) is 12.6 Å². The van der Waals surface area contributed by atoms with Gasteiger partial charge in [0.25, 0.3) is 0 Å². The third-order valence-corrected chi connectivity index (χ3v) is 3.17. The van der Waals surface area contributed by atoms with Gasteiger partial charge in [-0.25, -0.2) is 0 Å². The highest BCUT2D eigenvalue weighted by atomic mass is 79.9. The predicted octanol–water partition coefficient (Wildman–Crippen LogP) is 3.70. The molecule has 0 radical (unpaired) electrons. The van der Waals surface area contributed by atoms with Gasteiger partial charge in [-0.3, -0.25) is 4.79 Å². The number of hydrogen-bond donors (Lipinski definition) is 2. The molecule has 0 aromatic heterocycles. The van der Waals surface area contributed by atoms with Crippen molar-refractivity contribution in [2.24, 2.45) is 0 Å². The molecule has 0 heterocycles. The monoisotopic (exact) mass is 418 g/mol. The number of benzene rings is 1. The minimum absolute atomic E-state index is 0.196. The molecule has 1 amide bonds. The number of anilines is 2. The molecule has 0 spiro atoms. The SMILES string of the molecule is Nc1cc(Br)cc(Br)c1NC(=O)CCOCC(F)(F)F. The Balaban J connectivity index is 2.47. The van der Waals surface area contributed by atoms with E-state index < -0.39 is 18.7 Å². The molecule has 4 nitrogen and oxygen atoms in total. The minimum Gasteiger partial charge on any atom is -0.397 e. The van der Waals surface area contributed by atoms with E-state index in [1.807, 2.05) is 0 Å². The van der Waals surface area contributed by atoms with Crippen molar-refractivity contribution < 1.29 is 22.7 Å². The van der Waals surface area contributed by atoms with Crippen molar-refractivity contribution in [1.29, 1.82) is 0 Å². The van der Waals surface area contributed by atoms with Crippen LogP contribution in [0.2, 0.25) is 0 Å². The van der Waals surface area contributed by atoms with Crippen LogP contribution in [0.25, 0.3) is 0 Å². The molecule has 0 atom stereocenters. The molecule has 1 aromatic rings. The largest absolute Gasteiger partial charge is 0.411 e. The molecule has 0 aliphatic heterocycles. The smallest absolute Gasteiger partial charge is 0.397 e. The third kappa shape index (κ3) is 6.10. The average molecular weight is 420 g/mol. The zero-order valence-electron chi connectivity index (χ0n) is 10.1. The summed E-state index contributed by atoms with van der Waals surface area (Å²) in [6.07, 6.45) is -4.59. The van der Waals surface area contributed by atoms with Crippen LogP contribution in [-0.4, -0.2) is 25.3 Å². The number of nitrogens with one attached hydrogen (secondary N) is 1. The molecule has 0 saturated carbocycles. The minimum atomic E-state index is -4.39. The third-order valence-electron chi connectivity index (χ3n) is 2.09. The first kappa shape index (κ1) is 17.3. The first-order valence-corrected chi connectivity index (χ1v) is 6.96. The van der Waals surface area contributed by atoms with Gasteiger partial charge < -0.3 is 15.8 Å². The fourth-order valence-corrected chi connectivity index (χ4v) is 2.64. The zero-order chi connectivity index (χ0) is 15.3. The summed E-state index contributed by atoms with van der Waals surface area (Å²) in [5.41, 5.74) is 6.43. The number of carbonyl (C=O) groups excluding carboxylic acids is 1. The van der Waals surface area contributed by atoms with Crippen molar-refractivity contribution in [3.8, 4) is 0 Å². The maximum atomic E-state index is 11.8. The molecule has 1 aromatic carbocycles. The molecule has 112 valence electrons. The van der Waals surface area contributed by atoms with Gasteiger partial charge >= 0.3 is 6.18 Å². The number of nitrogen functional groups attached to an aromatic ring is 1. The van der Waals surface area contributed by atoms with Crippen LogP contribution in [0.4, 0.5) is 24.5 Å². The van der Waals surface area contributed by atoms with Gasteiger partial charge in [0, 0.05) is 8.95 Å². The molecule has 0 aliphatic carbocycles. The molecule has 1 rings (SSSR count). The van der Waals surface area contributed by atoms with Gasteiger partial charge in [0.05, 0.1) is 24.4 Å². The highest BCUT2D eigenvalue weighted by molar-refractivity contribution is 9.11. The molecule has 0 saturated heterocycles. The predicted molar refractivity (Wildman–Crippen MR) is 76.4 cm³/mol. The lowest BCUT2D eigenvalue weighted by atomic mass is 10.2. The second kappa shape index (κ2) is 7.28. The van der Waals surface area contributed by atoms with Crippen LogP contribution in [0, 0.1) is 0 Å². The molecule has 3 N–H and O–H groups in total. The summed E-state index contributed by atoms with van der Waals surface area (Å²) in [6.45, 7) is -1.69. The van der Waals surface area contributed by atoms with E-state index in [4.69, 9.17) is 5.73 Å². The van der Waals surface area contributed by atoms with E-state index in [0.717, 1.165) is 4.47 Å². The number of alkyl halides is 3. The Hall–Kier alpha value is -0.800. The van der Waals surface area contributed by atoms with Crippen LogP contribution in [0.15, 0.2) is 21.1 Å². The van der Waals surface area contributed by atoms with Crippen LogP contribution in [0.5, 0.6) is 0 Å². The number of carbonyl (C=O) groups is 1. The Kier molecular flexibility index (Phi) is 6.28. The van der Waals surface area contributed by atoms with E-state index in [1.54, 1.807) is 12.1 Å². The van der Waals surface area contributed by atoms with Gasteiger partial charge in [-0.15, -0.1) is 0 Å². The lowest BCUT2D eigenvalue weighted by Gasteiger charge is -2.11. The van der Waals surface area contributed by atoms with E-state index >= 15 is 0 Å². The summed E-state index contributed by atoms with van der Waals surface area (Å²) in [5.74, 6) is -0.484. The number of rotatable bonds is 5. The molecule has 0 bridgehead atoms. The summed E-state index contributed by atoms with van der Waals surface area (Å²) in [6, 6.07) is 3.28. The maximum absolute atomic E-state index is 11.8. The fourth-order valence-electron chi connectivity index (χ4n) is 1.28. The van der Waals surface area contributed by atoms with Gasteiger partial charge in [0.1, 0.15) is 6.61 Å². The molecular formula is C11H11Br2F3N2O2. The van der Waals surface area contributed by atoms with Crippen molar-refractivity contribution in [2.75, 3.05) is 24.3 Å². The quantitative estimate of drug-likeness (QED) is 0.565. The van der Waals surface area contributed by atoms with Gasteiger partial charge in [-0.2, -0.15) is 13.2 Å². The number of halogens is 5. The van der Waals surface area contributed by atoms with Crippen molar-refractivity contribution in [3.63, 3.8) is 0 Å². The summed E-state index contributed by atoms with van der Waals surface area (Å²) in [7, 11) is 0. The van der Waals surface area contributed by atoms with E-state index in [2.05, 4.69) is 41.9 Å². The van der Waals surface area contributed by atoms with Gasteiger partial charge in [0.15, 0.2) is 0 Å². The Morgan fingerprint density at radius 3 is 2.55 bits per heavy atom. The topological polar surface area (TPSA) is 64.3 Å². The van der Waals surface area contributed by atoms with E-state index in [9.17, 15) is 18.0 Å². The number of amides is 1. The maximum Gasteiger partial charge on any atom is 0.411 e. The number of hydrogen-bond acceptors (Lipinski definition) is 3. The molecule has 0 aliphatic rings. The Bertz CT molecular complexity index is 472. The standard InChI is InChI=1S/C11H11Br2F3N2O2/c12-6-3-7(13)10(8(17)4-6)18-9(19)1-2-20-5-11(14,15)16/h3-4H,1-2,5,17H2,(H,18,19). The highest BCUT2D eigenvalue weighted by Gasteiger charge is 2.27. The van der Waals surface area contributed by atoms with Crippen LogP contribution >= 0.6 is 31.9 Å². The van der Waals surface area contributed by atoms with Crippen LogP contribution in [-0.2, 0) is 9.53 Å². The molecular weight excluding hydrogens is 409 g/mol. The molecule has 0 fully saturated rings. The Morgan fingerprint density at radius 2 is 2.00 bits per heavy atom.